The molecule has 106 valence electrons. The standard InChI is InChI=1S/C15H16O5/c1-9(16)7-13(19)8-14(10(2)17)15(20)11-3-5-12(18)6-4-11/h3-6,14,18H,7-8H2,1-2H3. The highest BCUT2D eigenvalue weighted by atomic mass is 16.3. The molecule has 1 unspecified atom stereocenters. The molecule has 5 heteroatoms. The van der Waals surface area contributed by atoms with E-state index in [0.29, 0.717) is 0 Å². The van der Waals surface area contributed by atoms with Gasteiger partial charge in [-0.3, -0.25) is 19.2 Å². The molecule has 0 aliphatic carbocycles. The lowest BCUT2D eigenvalue weighted by atomic mass is 9.89. The highest BCUT2D eigenvalue weighted by molar-refractivity contribution is 6.13. The monoisotopic (exact) mass is 276 g/mol. The Morgan fingerprint density at radius 1 is 1.05 bits per heavy atom. The molecule has 0 radical (unpaired) electrons. The second-order valence-corrected chi connectivity index (χ2v) is 4.70. The minimum Gasteiger partial charge on any atom is -0.508 e. The zero-order chi connectivity index (χ0) is 15.3. The number of aromatic hydroxyl groups is 1. The Bertz CT molecular complexity index is 542. The molecule has 0 heterocycles. The molecule has 0 aliphatic heterocycles. The van der Waals surface area contributed by atoms with Crippen LogP contribution in [-0.2, 0) is 14.4 Å². The van der Waals surface area contributed by atoms with Crippen LogP contribution in [0.4, 0.5) is 0 Å². The molecule has 0 fully saturated rings. The van der Waals surface area contributed by atoms with E-state index in [1.807, 2.05) is 0 Å². The zero-order valence-electron chi connectivity index (χ0n) is 11.4. The first kappa shape index (κ1) is 15.8. The maximum Gasteiger partial charge on any atom is 0.173 e. The third-order valence-electron chi connectivity index (χ3n) is 2.84. The first-order valence-electron chi connectivity index (χ1n) is 6.16. The minimum absolute atomic E-state index is 0.00795. The Kier molecular flexibility index (Phi) is 5.32. The summed E-state index contributed by atoms with van der Waals surface area (Å²) in [6, 6.07) is 5.45. The molecular formula is C15H16O5. The molecule has 0 amide bonds. The van der Waals surface area contributed by atoms with Crippen LogP contribution >= 0.6 is 0 Å². The van der Waals surface area contributed by atoms with E-state index in [0.717, 1.165) is 0 Å². The SMILES string of the molecule is CC(=O)CC(=O)CC(C(C)=O)C(=O)c1ccc(O)cc1. The summed E-state index contributed by atoms with van der Waals surface area (Å²) in [5.41, 5.74) is 0.249. The first-order chi connectivity index (χ1) is 9.31. The number of hydrogen-bond donors (Lipinski definition) is 1. The van der Waals surface area contributed by atoms with Gasteiger partial charge in [0.2, 0.25) is 0 Å². The summed E-state index contributed by atoms with van der Waals surface area (Å²) in [7, 11) is 0. The maximum atomic E-state index is 12.2. The average molecular weight is 276 g/mol. The fourth-order valence-corrected chi connectivity index (χ4v) is 1.83. The van der Waals surface area contributed by atoms with Crippen molar-refractivity contribution in [3.8, 4) is 5.75 Å². The smallest absolute Gasteiger partial charge is 0.173 e. The van der Waals surface area contributed by atoms with Crippen molar-refractivity contribution in [2.24, 2.45) is 5.92 Å². The van der Waals surface area contributed by atoms with Crippen LogP contribution in [0.2, 0.25) is 0 Å². The number of rotatable bonds is 7. The van der Waals surface area contributed by atoms with Crippen LogP contribution in [0.15, 0.2) is 24.3 Å². The predicted molar refractivity (Wildman–Crippen MR) is 71.5 cm³/mol. The number of ketones is 4. The molecule has 5 nitrogen and oxygen atoms in total. The number of hydrogen-bond acceptors (Lipinski definition) is 5. The van der Waals surface area contributed by atoms with Crippen molar-refractivity contribution < 1.29 is 24.3 Å². The molecule has 1 aromatic carbocycles. The number of phenolic OH excluding ortho intramolecular Hbond substituents is 1. The van der Waals surface area contributed by atoms with Crippen LogP contribution in [0.5, 0.6) is 5.75 Å². The van der Waals surface area contributed by atoms with Crippen LogP contribution in [0, 0.1) is 5.92 Å². The normalized spacial score (nSPS) is 11.7. The van der Waals surface area contributed by atoms with Gasteiger partial charge >= 0.3 is 0 Å². The van der Waals surface area contributed by atoms with Gasteiger partial charge in [0, 0.05) is 12.0 Å². The van der Waals surface area contributed by atoms with Gasteiger partial charge < -0.3 is 5.11 Å². The number of phenols is 1. The fourth-order valence-electron chi connectivity index (χ4n) is 1.83. The number of carbonyl (C=O) groups excluding carboxylic acids is 4. The van der Waals surface area contributed by atoms with Gasteiger partial charge in [0.05, 0.1) is 12.3 Å². The van der Waals surface area contributed by atoms with Crippen molar-refractivity contribution in [2.45, 2.75) is 26.7 Å². The van der Waals surface area contributed by atoms with E-state index in [2.05, 4.69) is 0 Å². The summed E-state index contributed by atoms with van der Waals surface area (Å²) in [5.74, 6) is -2.69. The van der Waals surface area contributed by atoms with Gasteiger partial charge in [0.25, 0.3) is 0 Å². The van der Waals surface area contributed by atoms with Gasteiger partial charge in [0.1, 0.15) is 23.1 Å². The van der Waals surface area contributed by atoms with E-state index in [-0.39, 0.29) is 29.9 Å². The molecular weight excluding hydrogens is 260 g/mol. The molecule has 0 aliphatic rings. The Labute approximate surface area is 116 Å². The number of Topliss-reactive ketones (excluding diaryl/α,β-unsaturated/α-hetero) is 4. The summed E-state index contributed by atoms with van der Waals surface area (Å²) in [4.78, 5) is 46.2. The van der Waals surface area contributed by atoms with Gasteiger partial charge in [-0.25, -0.2) is 0 Å². The van der Waals surface area contributed by atoms with Gasteiger partial charge in [-0.15, -0.1) is 0 Å². The topological polar surface area (TPSA) is 88.5 Å². The lowest BCUT2D eigenvalue weighted by Crippen LogP contribution is -2.25. The Balaban J connectivity index is 2.88. The van der Waals surface area contributed by atoms with Gasteiger partial charge in [-0.1, -0.05) is 0 Å². The summed E-state index contributed by atoms with van der Waals surface area (Å²) >= 11 is 0. The molecule has 0 aromatic heterocycles. The first-order valence-corrected chi connectivity index (χ1v) is 6.16. The highest BCUT2D eigenvalue weighted by Gasteiger charge is 2.27. The van der Waals surface area contributed by atoms with Crippen LogP contribution in [0.1, 0.15) is 37.0 Å². The van der Waals surface area contributed by atoms with E-state index < -0.39 is 23.3 Å². The van der Waals surface area contributed by atoms with Crippen molar-refractivity contribution in [3.63, 3.8) is 0 Å². The molecule has 0 saturated heterocycles. The van der Waals surface area contributed by atoms with Crippen molar-refractivity contribution >= 4 is 23.1 Å². The molecule has 0 spiro atoms. The quantitative estimate of drug-likeness (QED) is 0.605. The Morgan fingerprint density at radius 3 is 2.05 bits per heavy atom. The molecule has 20 heavy (non-hydrogen) atoms. The van der Waals surface area contributed by atoms with Gasteiger partial charge in [0.15, 0.2) is 5.78 Å². The van der Waals surface area contributed by atoms with Crippen molar-refractivity contribution in [3.05, 3.63) is 29.8 Å². The van der Waals surface area contributed by atoms with E-state index in [9.17, 15) is 19.2 Å². The van der Waals surface area contributed by atoms with Crippen LogP contribution in [-0.4, -0.2) is 28.2 Å². The van der Waals surface area contributed by atoms with Gasteiger partial charge in [-0.2, -0.15) is 0 Å². The third-order valence-corrected chi connectivity index (χ3v) is 2.84. The third kappa shape index (κ3) is 4.42. The Hall–Kier alpha value is -2.30. The summed E-state index contributed by atoms with van der Waals surface area (Å²) in [5, 5.41) is 9.16. The van der Waals surface area contributed by atoms with E-state index >= 15 is 0 Å². The largest absolute Gasteiger partial charge is 0.508 e. The van der Waals surface area contributed by atoms with Crippen molar-refractivity contribution in [1.82, 2.24) is 0 Å². The van der Waals surface area contributed by atoms with Gasteiger partial charge in [-0.05, 0) is 38.1 Å². The number of carbonyl (C=O) groups is 4. The molecule has 1 aromatic rings. The van der Waals surface area contributed by atoms with E-state index in [4.69, 9.17) is 5.11 Å². The van der Waals surface area contributed by atoms with Crippen LogP contribution in [0.25, 0.3) is 0 Å². The lowest BCUT2D eigenvalue weighted by molar-refractivity contribution is -0.129. The summed E-state index contributed by atoms with van der Waals surface area (Å²) in [6.45, 7) is 2.52. The summed E-state index contributed by atoms with van der Waals surface area (Å²) < 4.78 is 0. The highest BCUT2D eigenvalue weighted by Crippen LogP contribution is 2.17. The second kappa shape index (κ2) is 6.75. The molecule has 1 atom stereocenters. The summed E-state index contributed by atoms with van der Waals surface area (Å²) in [6.07, 6.45) is -0.540. The predicted octanol–water partition coefficient (Wildman–Crippen LogP) is 1.72. The van der Waals surface area contributed by atoms with Crippen molar-refractivity contribution in [1.29, 1.82) is 0 Å². The lowest BCUT2D eigenvalue weighted by Gasteiger charge is -2.11. The molecule has 1 rings (SSSR count). The maximum absolute atomic E-state index is 12.2. The zero-order valence-corrected chi connectivity index (χ0v) is 11.4. The van der Waals surface area contributed by atoms with Crippen molar-refractivity contribution in [2.75, 3.05) is 0 Å². The van der Waals surface area contributed by atoms with Crippen LogP contribution < -0.4 is 0 Å². The average Bonchev–Trinajstić information content (AvgIpc) is 2.35. The fraction of sp³-hybridized carbons (Fsp3) is 0.333. The molecule has 1 N–H and O–H groups in total. The minimum atomic E-state index is -1.08. The Morgan fingerprint density at radius 2 is 1.60 bits per heavy atom. The number of benzene rings is 1. The van der Waals surface area contributed by atoms with E-state index in [1.54, 1.807) is 0 Å². The van der Waals surface area contributed by atoms with Crippen LogP contribution in [0.3, 0.4) is 0 Å². The molecule has 0 saturated carbocycles. The van der Waals surface area contributed by atoms with E-state index in [1.165, 1.54) is 38.1 Å². The molecule has 0 bridgehead atoms. The second-order valence-electron chi connectivity index (χ2n) is 4.70.